The van der Waals surface area contributed by atoms with Crippen LogP contribution in [-0.4, -0.2) is 66.2 Å². The molecule has 1 aromatic carbocycles. The Morgan fingerprint density at radius 1 is 1.12 bits per heavy atom. The van der Waals surface area contributed by atoms with E-state index in [9.17, 15) is 0 Å². The topological polar surface area (TPSA) is 78.4 Å². The van der Waals surface area contributed by atoms with Crippen molar-refractivity contribution in [2.45, 2.75) is 70.9 Å². The minimum Gasteiger partial charge on any atom is -0.495 e. The van der Waals surface area contributed by atoms with Gasteiger partial charge in [0.1, 0.15) is 5.75 Å². The van der Waals surface area contributed by atoms with Crippen LogP contribution in [0.15, 0.2) is 18.2 Å². The van der Waals surface area contributed by atoms with Gasteiger partial charge in [-0.2, -0.15) is 15.0 Å². The van der Waals surface area contributed by atoms with Crippen LogP contribution in [0.4, 0.5) is 23.5 Å². The van der Waals surface area contributed by atoms with E-state index in [0.29, 0.717) is 40.7 Å². The minimum absolute atomic E-state index is 0.345. The summed E-state index contributed by atoms with van der Waals surface area (Å²) in [4.78, 5) is 18.9. The van der Waals surface area contributed by atoms with Gasteiger partial charge in [-0.1, -0.05) is 44.7 Å². The summed E-state index contributed by atoms with van der Waals surface area (Å²) in [6.07, 6.45) is 7.84. The molecule has 2 heterocycles. The summed E-state index contributed by atoms with van der Waals surface area (Å²) in [6, 6.07) is 6.30. The SMILES string of the molecule is CCCCC(CCC)Nc1nc(Nc2ccc(OC)c(Cl)c2)nc(N(C)C2CCN(C)CC2)n1. The number of aromatic nitrogens is 3. The van der Waals surface area contributed by atoms with E-state index in [1.54, 1.807) is 7.11 Å². The van der Waals surface area contributed by atoms with Crippen LogP contribution in [0.25, 0.3) is 0 Å². The first-order valence-electron chi connectivity index (χ1n) is 12.5. The van der Waals surface area contributed by atoms with Gasteiger partial charge in [0.05, 0.1) is 12.1 Å². The van der Waals surface area contributed by atoms with E-state index in [1.165, 1.54) is 12.8 Å². The van der Waals surface area contributed by atoms with Crippen molar-refractivity contribution in [3.8, 4) is 5.75 Å². The molecule has 1 atom stereocenters. The highest BCUT2D eigenvalue weighted by Crippen LogP contribution is 2.29. The summed E-state index contributed by atoms with van der Waals surface area (Å²) < 4.78 is 5.27. The van der Waals surface area contributed by atoms with Crippen LogP contribution in [0.2, 0.25) is 5.02 Å². The first-order valence-corrected chi connectivity index (χ1v) is 12.9. The molecule has 2 aromatic rings. The van der Waals surface area contributed by atoms with E-state index in [1.807, 2.05) is 18.2 Å². The van der Waals surface area contributed by atoms with Gasteiger partial charge >= 0.3 is 0 Å². The maximum absolute atomic E-state index is 6.33. The van der Waals surface area contributed by atoms with Crippen molar-refractivity contribution in [3.05, 3.63) is 23.2 Å². The van der Waals surface area contributed by atoms with Crippen molar-refractivity contribution in [1.29, 1.82) is 0 Å². The van der Waals surface area contributed by atoms with Crippen LogP contribution < -0.4 is 20.3 Å². The fourth-order valence-electron chi connectivity index (χ4n) is 4.33. The van der Waals surface area contributed by atoms with Gasteiger partial charge in [0.25, 0.3) is 0 Å². The lowest BCUT2D eigenvalue weighted by molar-refractivity contribution is 0.252. The van der Waals surface area contributed by atoms with Crippen LogP contribution in [0.1, 0.15) is 58.8 Å². The first-order chi connectivity index (χ1) is 16.4. The summed E-state index contributed by atoms with van der Waals surface area (Å²) >= 11 is 6.33. The van der Waals surface area contributed by atoms with E-state index >= 15 is 0 Å². The molecule has 2 N–H and O–H groups in total. The van der Waals surface area contributed by atoms with E-state index in [2.05, 4.69) is 48.4 Å². The first kappa shape index (κ1) is 26.3. The van der Waals surface area contributed by atoms with Gasteiger partial charge in [-0.25, -0.2) is 0 Å². The predicted molar refractivity (Wildman–Crippen MR) is 142 cm³/mol. The summed E-state index contributed by atoms with van der Waals surface area (Å²) in [5.41, 5.74) is 0.798. The molecule has 0 radical (unpaired) electrons. The fourth-order valence-corrected chi connectivity index (χ4v) is 4.59. The third kappa shape index (κ3) is 7.34. The number of hydrogen-bond acceptors (Lipinski definition) is 8. The molecule has 0 spiro atoms. The molecule has 9 heteroatoms. The highest BCUT2D eigenvalue weighted by atomic mass is 35.5. The number of halogens is 1. The van der Waals surface area contributed by atoms with Crippen molar-refractivity contribution >= 4 is 35.1 Å². The highest BCUT2D eigenvalue weighted by Gasteiger charge is 2.24. The van der Waals surface area contributed by atoms with Gasteiger partial charge in [-0.3, -0.25) is 0 Å². The molecule has 1 saturated heterocycles. The Bertz CT molecular complexity index is 905. The van der Waals surface area contributed by atoms with Gasteiger partial charge in [-0.15, -0.1) is 0 Å². The normalized spacial score (nSPS) is 15.7. The number of methoxy groups -OCH3 is 1. The third-order valence-corrected chi connectivity index (χ3v) is 6.75. The summed E-state index contributed by atoms with van der Waals surface area (Å²) in [7, 11) is 5.87. The van der Waals surface area contributed by atoms with Crippen molar-refractivity contribution in [2.24, 2.45) is 0 Å². The molecular formula is C25H40ClN7O. The Labute approximate surface area is 209 Å². The quantitative estimate of drug-likeness (QED) is 0.400. The molecule has 1 fully saturated rings. The van der Waals surface area contributed by atoms with Crippen LogP contribution in [0.3, 0.4) is 0 Å². The minimum atomic E-state index is 0.345. The maximum Gasteiger partial charge on any atom is 0.233 e. The second-order valence-corrected chi connectivity index (χ2v) is 9.58. The van der Waals surface area contributed by atoms with E-state index in [4.69, 9.17) is 31.3 Å². The van der Waals surface area contributed by atoms with E-state index < -0.39 is 0 Å². The molecule has 8 nitrogen and oxygen atoms in total. The average Bonchev–Trinajstić information content (AvgIpc) is 2.82. The van der Waals surface area contributed by atoms with Crippen molar-refractivity contribution in [2.75, 3.05) is 49.8 Å². The Kier molecular flexibility index (Phi) is 10.0. The Balaban J connectivity index is 1.87. The molecule has 0 amide bonds. The number of unbranched alkanes of at least 4 members (excludes halogenated alkanes) is 1. The number of likely N-dealkylation sites (tertiary alicyclic amines) is 1. The summed E-state index contributed by atoms with van der Waals surface area (Å²) in [5, 5.41) is 7.44. The van der Waals surface area contributed by atoms with E-state index in [0.717, 1.165) is 50.9 Å². The van der Waals surface area contributed by atoms with Gasteiger partial charge < -0.3 is 25.2 Å². The number of anilines is 4. The zero-order valence-corrected chi connectivity index (χ0v) is 22.0. The number of nitrogens with zero attached hydrogens (tertiary/aromatic N) is 5. The molecule has 3 rings (SSSR count). The van der Waals surface area contributed by atoms with Crippen molar-refractivity contribution in [1.82, 2.24) is 19.9 Å². The van der Waals surface area contributed by atoms with Gasteiger partial charge in [-0.05, 0) is 64.0 Å². The van der Waals surface area contributed by atoms with Crippen LogP contribution >= 0.6 is 11.6 Å². The van der Waals surface area contributed by atoms with Crippen LogP contribution in [0.5, 0.6) is 5.75 Å². The van der Waals surface area contributed by atoms with Crippen molar-refractivity contribution in [3.63, 3.8) is 0 Å². The zero-order chi connectivity index (χ0) is 24.5. The molecular weight excluding hydrogens is 450 g/mol. The fraction of sp³-hybridized carbons (Fsp3) is 0.640. The van der Waals surface area contributed by atoms with Crippen LogP contribution in [0, 0.1) is 0 Å². The second kappa shape index (κ2) is 13.0. The number of piperidine rings is 1. The highest BCUT2D eigenvalue weighted by molar-refractivity contribution is 6.32. The lowest BCUT2D eigenvalue weighted by atomic mass is 10.0. The van der Waals surface area contributed by atoms with Gasteiger partial charge in [0.2, 0.25) is 17.8 Å². The molecule has 1 aromatic heterocycles. The molecule has 1 aliphatic heterocycles. The molecule has 188 valence electrons. The molecule has 34 heavy (non-hydrogen) atoms. The number of hydrogen-bond donors (Lipinski definition) is 2. The summed E-state index contributed by atoms with van der Waals surface area (Å²) in [6.45, 7) is 6.60. The van der Waals surface area contributed by atoms with Gasteiger partial charge in [0, 0.05) is 24.8 Å². The molecule has 0 bridgehead atoms. The third-order valence-electron chi connectivity index (χ3n) is 6.46. The van der Waals surface area contributed by atoms with Gasteiger partial charge in [0.15, 0.2) is 0 Å². The lowest BCUT2D eigenvalue weighted by Gasteiger charge is -2.35. The van der Waals surface area contributed by atoms with E-state index in [-0.39, 0.29) is 0 Å². The maximum atomic E-state index is 6.33. The standard InChI is InChI=1S/C25H40ClN7O/c1-6-8-10-18(9-7-2)27-23-29-24(28-19-11-12-22(34-5)21(26)17-19)31-25(30-23)33(4)20-13-15-32(3)16-14-20/h11-12,17-18,20H,6-10,13-16H2,1-5H3,(H2,27,28,29,30,31). The smallest absolute Gasteiger partial charge is 0.233 e. The Hall–Kier alpha value is -2.32. The predicted octanol–water partition coefficient (Wildman–Crippen LogP) is 5.58. The van der Waals surface area contributed by atoms with Crippen LogP contribution in [-0.2, 0) is 0 Å². The Morgan fingerprint density at radius 3 is 2.50 bits per heavy atom. The largest absolute Gasteiger partial charge is 0.495 e. The second-order valence-electron chi connectivity index (χ2n) is 9.17. The zero-order valence-electron chi connectivity index (χ0n) is 21.3. The average molecular weight is 490 g/mol. The number of ether oxygens (including phenoxy) is 1. The molecule has 0 saturated carbocycles. The number of nitrogens with one attached hydrogen (secondary N) is 2. The number of rotatable bonds is 12. The number of benzene rings is 1. The Morgan fingerprint density at radius 2 is 1.85 bits per heavy atom. The molecule has 1 aliphatic rings. The molecule has 1 unspecified atom stereocenters. The lowest BCUT2D eigenvalue weighted by Crippen LogP contribution is -2.42. The monoisotopic (exact) mass is 489 g/mol. The molecule has 0 aliphatic carbocycles. The summed E-state index contributed by atoms with van der Waals surface area (Å²) in [5.74, 6) is 2.42. The van der Waals surface area contributed by atoms with Crippen molar-refractivity contribution < 1.29 is 4.74 Å².